The van der Waals surface area contributed by atoms with Crippen LogP contribution in [0, 0.1) is 22.7 Å². The summed E-state index contributed by atoms with van der Waals surface area (Å²) in [4.78, 5) is 3.73. The zero-order valence-corrected chi connectivity index (χ0v) is 8.25. The second-order valence-electron chi connectivity index (χ2n) is 2.80. The Kier molecular flexibility index (Phi) is 3.65. The first-order chi connectivity index (χ1) is 7.69. The Morgan fingerprint density at radius 3 is 2.56 bits per heavy atom. The fourth-order valence-corrected chi connectivity index (χ4v) is 0.942. The van der Waals surface area contributed by atoms with E-state index in [1.165, 1.54) is 12.3 Å². The standard InChI is InChI=1S/C11H8N4O/c12-5-9(14)10(6-13)15-7-8-3-1-2-4-11(8)16/h1-4,7,16H,14H2. The summed E-state index contributed by atoms with van der Waals surface area (Å²) in [5.41, 5.74) is 5.26. The van der Waals surface area contributed by atoms with E-state index in [4.69, 9.17) is 16.3 Å². The van der Waals surface area contributed by atoms with Gasteiger partial charge >= 0.3 is 0 Å². The van der Waals surface area contributed by atoms with Crippen LogP contribution in [-0.4, -0.2) is 11.3 Å². The number of phenolic OH excluding ortho intramolecular Hbond substituents is 1. The molecule has 78 valence electrons. The zero-order chi connectivity index (χ0) is 12.0. The maximum Gasteiger partial charge on any atom is 0.174 e. The average molecular weight is 212 g/mol. The number of nitrogens with zero attached hydrogens (tertiary/aromatic N) is 3. The largest absolute Gasteiger partial charge is 0.507 e. The lowest BCUT2D eigenvalue weighted by Gasteiger charge is -1.96. The molecule has 5 nitrogen and oxygen atoms in total. The third-order valence-electron chi connectivity index (χ3n) is 1.75. The highest BCUT2D eigenvalue weighted by Crippen LogP contribution is 2.13. The molecule has 16 heavy (non-hydrogen) atoms. The number of aliphatic imine (C=N–C) groups is 1. The summed E-state index contributed by atoms with van der Waals surface area (Å²) < 4.78 is 0. The van der Waals surface area contributed by atoms with E-state index < -0.39 is 0 Å². The number of nitriles is 2. The highest BCUT2D eigenvalue weighted by atomic mass is 16.3. The van der Waals surface area contributed by atoms with Gasteiger partial charge in [-0.3, -0.25) is 0 Å². The van der Waals surface area contributed by atoms with Crippen LogP contribution in [-0.2, 0) is 0 Å². The quantitative estimate of drug-likeness (QED) is 0.563. The van der Waals surface area contributed by atoms with Gasteiger partial charge in [0.25, 0.3) is 0 Å². The summed E-state index contributed by atoms with van der Waals surface area (Å²) >= 11 is 0. The molecule has 0 aliphatic rings. The van der Waals surface area contributed by atoms with E-state index in [1.807, 2.05) is 0 Å². The Hall–Kier alpha value is -2.79. The fraction of sp³-hybridized carbons (Fsp3) is 0. The fourth-order valence-electron chi connectivity index (χ4n) is 0.942. The normalized spacial score (nSPS) is 11.6. The molecule has 0 aliphatic heterocycles. The topological polar surface area (TPSA) is 106 Å². The van der Waals surface area contributed by atoms with Gasteiger partial charge in [0.15, 0.2) is 5.70 Å². The maximum atomic E-state index is 9.41. The van der Waals surface area contributed by atoms with Gasteiger partial charge in [-0.1, -0.05) is 12.1 Å². The summed E-state index contributed by atoms with van der Waals surface area (Å²) in [5, 5.41) is 26.5. The van der Waals surface area contributed by atoms with Gasteiger partial charge in [-0.15, -0.1) is 0 Å². The molecule has 0 bridgehead atoms. The van der Waals surface area contributed by atoms with Gasteiger partial charge in [-0.05, 0) is 12.1 Å². The Bertz CT molecular complexity index is 532. The smallest absolute Gasteiger partial charge is 0.174 e. The zero-order valence-electron chi connectivity index (χ0n) is 8.25. The SMILES string of the molecule is N#CC(N)=C(C#N)N=Cc1ccccc1O. The molecule has 0 fully saturated rings. The van der Waals surface area contributed by atoms with Crippen molar-refractivity contribution in [2.24, 2.45) is 10.7 Å². The van der Waals surface area contributed by atoms with Crippen LogP contribution in [0.3, 0.4) is 0 Å². The van der Waals surface area contributed by atoms with Crippen molar-refractivity contribution in [3.63, 3.8) is 0 Å². The van der Waals surface area contributed by atoms with E-state index in [1.54, 1.807) is 30.3 Å². The number of phenols is 1. The van der Waals surface area contributed by atoms with Gasteiger partial charge in [0.1, 0.15) is 23.6 Å². The molecule has 0 atom stereocenters. The van der Waals surface area contributed by atoms with E-state index >= 15 is 0 Å². The van der Waals surface area contributed by atoms with Crippen molar-refractivity contribution in [2.45, 2.75) is 0 Å². The van der Waals surface area contributed by atoms with Crippen LogP contribution in [0.4, 0.5) is 0 Å². The molecule has 1 aromatic rings. The molecule has 5 heteroatoms. The first-order valence-corrected chi connectivity index (χ1v) is 4.31. The van der Waals surface area contributed by atoms with Crippen molar-refractivity contribution in [3.05, 3.63) is 41.2 Å². The molecule has 0 saturated carbocycles. The van der Waals surface area contributed by atoms with Gasteiger partial charge in [-0.25, -0.2) is 4.99 Å². The summed E-state index contributed by atoms with van der Waals surface area (Å²) in [6, 6.07) is 9.81. The van der Waals surface area contributed by atoms with Gasteiger partial charge in [0, 0.05) is 11.8 Å². The molecule has 0 aromatic heterocycles. The van der Waals surface area contributed by atoms with Crippen LogP contribution < -0.4 is 5.73 Å². The molecule has 0 heterocycles. The number of hydrogen-bond donors (Lipinski definition) is 2. The van der Waals surface area contributed by atoms with E-state index in [9.17, 15) is 5.11 Å². The lowest BCUT2D eigenvalue weighted by molar-refractivity contribution is 0.474. The lowest BCUT2D eigenvalue weighted by atomic mass is 10.2. The van der Waals surface area contributed by atoms with Crippen molar-refractivity contribution in [2.75, 3.05) is 0 Å². The number of allylic oxidation sites excluding steroid dienone is 2. The van der Waals surface area contributed by atoms with Crippen LogP contribution in [0.5, 0.6) is 5.75 Å². The Morgan fingerprint density at radius 1 is 1.31 bits per heavy atom. The summed E-state index contributed by atoms with van der Waals surface area (Å²) in [6.45, 7) is 0. The Balaban J connectivity index is 3.04. The van der Waals surface area contributed by atoms with Crippen LogP contribution >= 0.6 is 0 Å². The number of para-hydroxylation sites is 1. The summed E-state index contributed by atoms with van der Waals surface area (Å²) in [7, 11) is 0. The number of rotatable bonds is 2. The number of nitrogens with two attached hydrogens (primary N) is 1. The first-order valence-electron chi connectivity index (χ1n) is 4.31. The highest BCUT2D eigenvalue weighted by Gasteiger charge is 2.00. The second kappa shape index (κ2) is 5.18. The van der Waals surface area contributed by atoms with Crippen molar-refractivity contribution in [1.82, 2.24) is 0 Å². The Labute approximate surface area is 92.4 Å². The molecule has 0 unspecified atom stereocenters. The minimum Gasteiger partial charge on any atom is -0.507 e. The van der Waals surface area contributed by atoms with E-state index in [-0.39, 0.29) is 17.1 Å². The number of hydrogen-bond acceptors (Lipinski definition) is 5. The van der Waals surface area contributed by atoms with Gasteiger partial charge in [0.2, 0.25) is 0 Å². The highest BCUT2D eigenvalue weighted by molar-refractivity contribution is 5.84. The third kappa shape index (κ3) is 2.60. The second-order valence-corrected chi connectivity index (χ2v) is 2.80. The molecule has 0 radical (unpaired) electrons. The minimum absolute atomic E-state index is 0.0408. The van der Waals surface area contributed by atoms with E-state index in [0.29, 0.717) is 5.56 Å². The number of aromatic hydroxyl groups is 1. The molecule has 0 saturated heterocycles. The van der Waals surface area contributed by atoms with Gasteiger partial charge in [-0.2, -0.15) is 10.5 Å². The van der Waals surface area contributed by atoms with Crippen molar-refractivity contribution in [3.8, 4) is 17.9 Å². The molecular formula is C11H8N4O. The van der Waals surface area contributed by atoms with Crippen molar-refractivity contribution in [1.29, 1.82) is 10.5 Å². The van der Waals surface area contributed by atoms with E-state index in [2.05, 4.69) is 4.99 Å². The Morgan fingerprint density at radius 2 is 2.00 bits per heavy atom. The van der Waals surface area contributed by atoms with Crippen molar-refractivity contribution >= 4 is 6.21 Å². The van der Waals surface area contributed by atoms with Gasteiger partial charge < -0.3 is 10.8 Å². The molecule has 0 aliphatic carbocycles. The molecule has 1 aromatic carbocycles. The number of benzene rings is 1. The van der Waals surface area contributed by atoms with Crippen LogP contribution in [0.25, 0.3) is 0 Å². The van der Waals surface area contributed by atoms with E-state index in [0.717, 1.165) is 0 Å². The minimum atomic E-state index is -0.255. The van der Waals surface area contributed by atoms with Crippen LogP contribution in [0.1, 0.15) is 5.56 Å². The maximum absolute atomic E-state index is 9.41. The average Bonchev–Trinajstić information content (AvgIpc) is 2.31. The predicted octanol–water partition coefficient (Wildman–Crippen LogP) is 1.03. The lowest BCUT2D eigenvalue weighted by Crippen LogP contribution is -1.97. The van der Waals surface area contributed by atoms with Crippen LogP contribution in [0.15, 0.2) is 40.7 Å². The molecule has 0 amide bonds. The molecule has 1 rings (SSSR count). The van der Waals surface area contributed by atoms with Crippen molar-refractivity contribution < 1.29 is 5.11 Å². The first kappa shape index (κ1) is 11.3. The molecule has 3 N–H and O–H groups in total. The summed E-state index contributed by atoms with van der Waals surface area (Å²) in [5.74, 6) is 0.0408. The predicted molar refractivity (Wildman–Crippen MR) is 58.1 cm³/mol. The van der Waals surface area contributed by atoms with Gasteiger partial charge in [0.05, 0.1) is 0 Å². The summed E-state index contributed by atoms with van der Waals surface area (Å²) in [6.07, 6.45) is 1.28. The molecule has 0 spiro atoms. The van der Waals surface area contributed by atoms with Crippen LogP contribution in [0.2, 0.25) is 0 Å². The monoisotopic (exact) mass is 212 g/mol. The molecular weight excluding hydrogens is 204 g/mol. The third-order valence-corrected chi connectivity index (χ3v) is 1.75.